The Morgan fingerprint density at radius 2 is 2.50 bits per heavy atom. The summed E-state index contributed by atoms with van der Waals surface area (Å²) >= 11 is 0. The second-order valence-corrected chi connectivity index (χ2v) is 2.05. The summed E-state index contributed by atoms with van der Waals surface area (Å²) in [6.07, 6.45) is 1.48. The first kappa shape index (κ1) is 8.39. The molecule has 0 saturated carbocycles. The Balaban J connectivity index is 3.01. The van der Waals surface area contributed by atoms with Crippen molar-refractivity contribution in [1.29, 1.82) is 0 Å². The molecule has 0 spiro atoms. The summed E-state index contributed by atoms with van der Waals surface area (Å²) in [5.74, 6) is -0.472. The highest BCUT2D eigenvalue weighted by atomic mass is 16.5. The molecule has 0 N–H and O–H groups in total. The van der Waals surface area contributed by atoms with E-state index in [1.165, 1.54) is 19.4 Å². The molecule has 12 heavy (non-hydrogen) atoms. The lowest BCUT2D eigenvalue weighted by molar-refractivity contribution is 0.0594. The van der Waals surface area contributed by atoms with Gasteiger partial charge in [-0.3, -0.25) is 4.99 Å². The minimum atomic E-state index is -0.472. The molecular formula is C8H8N2O2. The van der Waals surface area contributed by atoms with Gasteiger partial charge in [0.2, 0.25) is 0 Å². The number of carbonyl (C=O) groups is 1. The number of rotatable bonds is 2. The second-order valence-electron chi connectivity index (χ2n) is 2.05. The van der Waals surface area contributed by atoms with E-state index in [1.807, 2.05) is 0 Å². The van der Waals surface area contributed by atoms with Crippen LogP contribution in [-0.4, -0.2) is 24.8 Å². The highest BCUT2D eigenvalue weighted by Gasteiger charge is 2.05. The molecule has 0 bridgehead atoms. The molecule has 0 atom stereocenters. The molecule has 0 aliphatic rings. The van der Waals surface area contributed by atoms with Crippen LogP contribution in [0.1, 0.15) is 10.5 Å². The van der Waals surface area contributed by atoms with Crippen molar-refractivity contribution in [3.05, 3.63) is 24.0 Å². The highest BCUT2D eigenvalue weighted by molar-refractivity contribution is 5.87. The van der Waals surface area contributed by atoms with Crippen molar-refractivity contribution in [3.63, 3.8) is 0 Å². The van der Waals surface area contributed by atoms with Gasteiger partial charge < -0.3 is 4.74 Å². The molecule has 0 aliphatic carbocycles. The number of esters is 1. The van der Waals surface area contributed by atoms with Crippen LogP contribution in [0.4, 0.5) is 5.69 Å². The maximum atomic E-state index is 10.9. The van der Waals surface area contributed by atoms with Crippen molar-refractivity contribution in [2.75, 3.05) is 7.11 Å². The van der Waals surface area contributed by atoms with E-state index in [0.717, 1.165) is 0 Å². The number of nitrogens with zero attached hydrogens (tertiary/aromatic N) is 2. The van der Waals surface area contributed by atoms with Gasteiger partial charge in [0.05, 0.1) is 12.8 Å². The third kappa shape index (κ3) is 1.66. The average molecular weight is 164 g/mol. The smallest absolute Gasteiger partial charge is 0.356 e. The SMILES string of the molecule is C=Nc1ccnc(C(=O)OC)c1. The third-order valence-corrected chi connectivity index (χ3v) is 1.32. The normalized spacial score (nSPS) is 9.08. The molecule has 0 aromatic carbocycles. The minimum absolute atomic E-state index is 0.238. The van der Waals surface area contributed by atoms with Crippen LogP contribution in [0.2, 0.25) is 0 Å². The fraction of sp³-hybridized carbons (Fsp3) is 0.125. The molecule has 0 amide bonds. The lowest BCUT2D eigenvalue weighted by Gasteiger charge is -1.97. The van der Waals surface area contributed by atoms with Crippen molar-refractivity contribution in [2.24, 2.45) is 4.99 Å². The van der Waals surface area contributed by atoms with Crippen molar-refractivity contribution in [2.45, 2.75) is 0 Å². The maximum Gasteiger partial charge on any atom is 0.356 e. The molecule has 0 aliphatic heterocycles. The first-order valence-electron chi connectivity index (χ1n) is 3.29. The molecule has 62 valence electrons. The fourth-order valence-electron chi connectivity index (χ4n) is 0.734. The van der Waals surface area contributed by atoms with Gasteiger partial charge in [0.25, 0.3) is 0 Å². The lowest BCUT2D eigenvalue weighted by Crippen LogP contribution is -2.02. The molecule has 0 radical (unpaired) electrons. The van der Waals surface area contributed by atoms with E-state index in [2.05, 4.69) is 21.4 Å². The van der Waals surface area contributed by atoms with Gasteiger partial charge in [0.15, 0.2) is 0 Å². The van der Waals surface area contributed by atoms with E-state index in [4.69, 9.17) is 0 Å². The predicted molar refractivity (Wildman–Crippen MR) is 44.8 cm³/mol. The topological polar surface area (TPSA) is 51.5 Å². The van der Waals surface area contributed by atoms with Crippen LogP contribution in [0.25, 0.3) is 0 Å². The number of ether oxygens (including phenoxy) is 1. The maximum absolute atomic E-state index is 10.9. The van der Waals surface area contributed by atoms with Crippen LogP contribution in [-0.2, 0) is 4.74 Å². The van der Waals surface area contributed by atoms with Crippen molar-refractivity contribution < 1.29 is 9.53 Å². The van der Waals surface area contributed by atoms with Gasteiger partial charge in [-0.25, -0.2) is 9.78 Å². The van der Waals surface area contributed by atoms with Gasteiger partial charge in [0.1, 0.15) is 5.69 Å². The largest absolute Gasteiger partial charge is 0.464 e. The number of pyridine rings is 1. The summed E-state index contributed by atoms with van der Waals surface area (Å²) < 4.78 is 4.47. The van der Waals surface area contributed by atoms with E-state index in [-0.39, 0.29) is 5.69 Å². The van der Waals surface area contributed by atoms with E-state index in [9.17, 15) is 4.79 Å². The first-order chi connectivity index (χ1) is 5.77. The number of aromatic nitrogens is 1. The number of aliphatic imine (C=N–C) groups is 1. The number of methoxy groups -OCH3 is 1. The van der Waals surface area contributed by atoms with Crippen LogP contribution >= 0.6 is 0 Å². The molecule has 4 nitrogen and oxygen atoms in total. The van der Waals surface area contributed by atoms with Gasteiger partial charge in [-0.1, -0.05) is 0 Å². The van der Waals surface area contributed by atoms with E-state index < -0.39 is 5.97 Å². The van der Waals surface area contributed by atoms with Crippen LogP contribution < -0.4 is 0 Å². The Kier molecular flexibility index (Phi) is 2.53. The summed E-state index contributed by atoms with van der Waals surface area (Å²) in [6, 6.07) is 3.16. The molecule has 4 heteroatoms. The third-order valence-electron chi connectivity index (χ3n) is 1.32. The molecule has 1 aromatic heterocycles. The summed E-state index contributed by atoms with van der Waals surface area (Å²) in [5, 5.41) is 0. The van der Waals surface area contributed by atoms with Gasteiger partial charge in [-0.15, -0.1) is 0 Å². The Bertz CT molecular complexity index is 310. The Morgan fingerprint density at radius 3 is 3.08 bits per heavy atom. The van der Waals surface area contributed by atoms with Gasteiger partial charge in [0, 0.05) is 6.20 Å². The second kappa shape index (κ2) is 3.61. The van der Waals surface area contributed by atoms with Crippen LogP contribution in [0.15, 0.2) is 23.3 Å². The Labute approximate surface area is 69.9 Å². The zero-order chi connectivity index (χ0) is 8.97. The zero-order valence-electron chi connectivity index (χ0n) is 6.65. The van der Waals surface area contributed by atoms with Crippen LogP contribution in [0.5, 0.6) is 0 Å². The fourth-order valence-corrected chi connectivity index (χ4v) is 0.734. The average Bonchev–Trinajstić information content (AvgIpc) is 2.17. The Morgan fingerprint density at radius 1 is 1.75 bits per heavy atom. The van der Waals surface area contributed by atoms with E-state index in [1.54, 1.807) is 6.07 Å². The van der Waals surface area contributed by atoms with Crippen LogP contribution in [0.3, 0.4) is 0 Å². The zero-order valence-corrected chi connectivity index (χ0v) is 6.65. The first-order valence-corrected chi connectivity index (χ1v) is 3.29. The monoisotopic (exact) mass is 164 g/mol. The molecule has 0 fully saturated rings. The van der Waals surface area contributed by atoms with E-state index >= 15 is 0 Å². The van der Waals surface area contributed by atoms with Crippen molar-refractivity contribution >= 4 is 18.4 Å². The molecule has 1 heterocycles. The lowest BCUT2D eigenvalue weighted by atomic mass is 10.3. The molecular weight excluding hydrogens is 156 g/mol. The molecule has 1 aromatic rings. The molecule has 0 saturated heterocycles. The standard InChI is InChI=1S/C8H8N2O2/c1-9-6-3-4-10-7(5-6)8(11)12-2/h3-5H,1H2,2H3. The summed E-state index contributed by atoms with van der Waals surface area (Å²) in [6.45, 7) is 3.33. The molecule has 0 unspecified atom stereocenters. The van der Waals surface area contributed by atoms with Gasteiger partial charge >= 0.3 is 5.97 Å². The number of carbonyl (C=O) groups excluding carboxylic acids is 1. The summed E-state index contributed by atoms with van der Waals surface area (Å²) in [7, 11) is 1.30. The minimum Gasteiger partial charge on any atom is -0.464 e. The van der Waals surface area contributed by atoms with Crippen LogP contribution in [0, 0.1) is 0 Å². The molecule has 1 rings (SSSR count). The van der Waals surface area contributed by atoms with E-state index in [0.29, 0.717) is 5.69 Å². The van der Waals surface area contributed by atoms with Gasteiger partial charge in [-0.05, 0) is 18.9 Å². The number of hydrogen-bond acceptors (Lipinski definition) is 4. The van der Waals surface area contributed by atoms with Gasteiger partial charge in [-0.2, -0.15) is 0 Å². The quantitative estimate of drug-likeness (QED) is 0.487. The predicted octanol–water partition coefficient (Wildman–Crippen LogP) is 1.20. The summed E-state index contributed by atoms with van der Waals surface area (Å²) in [5.41, 5.74) is 0.841. The summed E-state index contributed by atoms with van der Waals surface area (Å²) in [4.78, 5) is 18.4. The number of hydrogen-bond donors (Lipinski definition) is 0. The Hall–Kier alpha value is -1.71. The van der Waals surface area contributed by atoms with Crippen molar-refractivity contribution in [1.82, 2.24) is 4.98 Å². The highest BCUT2D eigenvalue weighted by Crippen LogP contribution is 2.10. The van der Waals surface area contributed by atoms with Crippen molar-refractivity contribution in [3.8, 4) is 0 Å².